The van der Waals surface area contributed by atoms with Crippen molar-refractivity contribution in [1.29, 1.82) is 0 Å². The second kappa shape index (κ2) is 5.49. The molecule has 0 heterocycles. The van der Waals surface area contributed by atoms with Crippen LogP contribution in [-0.4, -0.2) is 0 Å². The van der Waals surface area contributed by atoms with Crippen LogP contribution >= 0.6 is 0 Å². The van der Waals surface area contributed by atoms with Gasteiger partial charge in [0.25, 0.3) is 0 Å². The molecule has 0 saturated carbocycles. The maximum absolute atomic E-state index is 2.25. The first-order valence-electron chi connectivity index (χ1n) is 6.05. The number of aryl methyl sites for hydroxylation is 1. The van der Waals surface area contributed by atoms with Crippen molar-refractivity contribution < 1.29 is 0 Å². The normalized spacial score (nSPS) is 12.8. The van der Waals surface area contributed by atoms with Gasteiger partial charge in [0.2, 0.25) is 0 Å². The fourth-order valence-corrected chi connectivity index (χ4v) is 1.80. The first-order chi connectivity index (χ1) is 8.25. The first-order valence-corrected chi connectivity index (χ1v) is 6.05. The van der Waals surface area contributed by atoms with Gasteiger partial charge >= 0.3 is 0 Å². The molecule has 0 N–H and O–H groups in total. The molecule has 0 amide bonds. The van der Waals surface area contributed by atoms with Gasteiger partial charge < -0.3 is 0 Å². The first kappa shape index (κ1) is 11.7. The van der Waals surface area contributed by atoms with Crippen LogP contribution in [-0.2, 0) is 0 Å². The molecule has 0 heteroatoms. The molecule has 0 spiro atoms. The van der Waals surface area contributed by atoms with Crippen LogP contribution in [0.4, 0.5) is 0 Å². The monoisotopic (exact) mass is 222 g/mol. The van der Waals surface area contributed by atoms with Gasteiger partial charge in [0, 0.05) is 0 Å². The lowest BCUT2D eigenvalue weighted by Gasteiger charge is -2.06. The Labute approximate surface area is 104 Å². The largest absolute Gasteiger partial charge is 0.0767 e. The Morgan fingerprint density at radius 1 is 0.882 bits per heavy atom. The maximum atomic E-state index is 2.25. The Hall–Kier alpha value is -1.82. The van der Waals surface area contributed by atoms with Gasteiger partial charge in [0.05, 0.1) is 0 Å². The summed E-state index contributed by atoms with van der Waals surface area (Å²) in [6.45, 7) is 4.35. The average Bonchev–Trinajstić information content (AvgIpc) is 2.38. The zero-order chi connectivity index (χ0) is 12.1. The summed E-state index contributed by atoms with van der Waals surface area (Å²) in [4.78, 5) is 0. The van der Waals surface area contributed by atoms with Crippen molar-refractivity contribution in [1.82, 2.24) is 0 Å². The fraction of sp³-hybridized carbons (Fsp3) is 0.176. The molecule has 0 fully saturated rings. The number of allylic oxidation sites excluding steroid dienone is 1. The van der Waals surface area contributed by atoms with Crippen molar-refractivity contribution in [2.75, 3.05) is 0 Å². The molecule has 0 aliphatic rings. The molecule has 0 nitrogen and oxygen atoms in total. The van der Waals surface area contributed by atoms with Crippen LogP contribution < -0.4 is 0 Å². The van der Waals surface area contributed by atoms with E-state index in [0.29, 0.717) is 5.92 Å². The van der Waals surface area contributed by atoms with E-state index in [-0.39, 0.29) is 0 Å². The molecule has 0 aliphatic carbocycles. The van der Waals surface area contributed by atoms with Crippen molar-refractivity contribution in [2.24, 2.45) is 0 Å². The van der Waals surface area contributed by atoms with Gasteiger partial charge in [-0.25, -0.2) is 0 Å². The van der Waals surface area contributed by atoms with Gasteiger partial charge in [0.1, 0.15) is 0 Å². The quantitative estimate of drug-likeness (QED) is 0.699. The van der Waals surface area contributed by atoms with E-state index in [2.05, 4.69) is 74.5 Å². The Bertz CT molecular complexity index is 477. The highest BCUT2D eigenvalue weighted by molar-refractivity contribution is 5.50. The number of hydrogen-bond acceptors (Lipinski definition) is 0. The summed E-state index contributed by atoms with van der Waals surface area (Å²) in [7, 11) is 0. The fourth-order valence-electron chi connectivity index (χ4n) is 1.80. The van der Waals surface area contributed by atoms with Gasteiger partial charge in [-0.15, -0.1) is 0 Å². The molecular weight excluding hydrogens is 204 g/mol. The summed E-state index contributed by atoms with van der Waals surface area (Å²) in [5.41, 5.74) is 3.93. The molecule has 0 radical (unpaired) electrons. The molecule has 2 aromatic rings. The Balaban J connectivity index is 2.09. The number of hydrogen-bond donors (Lipinski definition) is 0. The minimum absolute atomic E-state index is 0.454. The molecule has 0 bridgehead atoms. The zero-order valence-corrected chi connectivity index (χ0v) is 10.4. The lowest BCUT2D eigenvalue weighted by atomic mass is 9.99. The van der Waals surface area contributed by atoms with Crippen molar-refractivity contribution >= 4 is 6.08 Å². The second-order valence-electron chi connectivity index (χ2n) is 4.47. The van der Waals surface area contributed by atoms with Gasteiger partial charge in [-0.1, -0.05) is 79.2 Å². The predicted molar refractivity (Wildman–Crippen MR) is 75.1 cm³/mol. The van der Waals surface area contributed by atoms with E-state index in [9.17, 15) is 0 Å². The van der Waals surface area contributed by atoms with E-state index < -0.39 is 0 Å². The van der Waals surface area contributed by atoms with E-state index in [1.54, 1.807) is 0 Å². The summed E-state index contributed by atoms with van der Waals surface area (Å²) in [6, 6.07) is 19.2. The molecule has 2 rings (SSSR count). The third-order valence-electron chi connectivity index (χ3n) is 2.98. The third kappa shape index (κ3) is 3.32. The molecule has 1 atom stereocenters. The van der Waals surface area contributed by atoms with E-state index >= 15 is 0 Å². The molecule has 0 saturated heterocycles. The number of benzene rings is 2. The van der Waals surface area contributed by atoms with Crippen molar-refractivity contribution in [3.63, 3.8) is 0 Å². The van der Waals surface area contributed by atoms with Crippen LogP contribution in [0.1, 0.15) is 29.5 Å². The summed E-state index contributed by atoms with van der Waals surface area (Å²) in [6.07, 6.45) is 4.44. The maximum Gasteiger partial charge on any atom is -0.000710 e. The van der Waals surface area contributed by atoms with E-state index in [0.717, 1.165) is 0 Å². The highest BCUT2D eigenvalue weighted by Gasteiger charge is 1.99. The highest BCUT2D eigenvalue weighted by Crippen LogP contribution is 2.18. The highest BCUT2D eigenvalue weighted by atomic mass is 14.0. The smallest absolute Gasteiger partial charge is 0.000710 e. The SMILES string of the molecule is Cc1ccc(C(C)/C=C\c2ccccc2)cc1. The molecule has 17 heavy (non-hydrogen) atoms. The van der Waals surface area contributed by atoms with Crippen LogP contribution in [0.2, 0.25) is 0 Å². The van der Waals surface area contributed by atoms with Gasteiger partial charge in [-0.3, -0.25) is 0 Å². The molecule has 1 unspecified atom stereocenters. The molecule has 2 aromatic carbocycles. The summed E-state index contributed by atoms with van der Waals surface area (Å²) in [5, 5.41) is 0. The van der Waals surface area contributed by atoms with Crippen molar-refractivity contribution in [3.8, 4) is 0 Å². The van der Waals surface area contributed by atoms with Gasteiger partial charge in [-0.05, 0) is 24.0 Å². The van der Waals surface area contributed by atoms with Crippen LogP contribution in [0, 0.1) is 6.92 Å². The summed E-state index contributed by atoms with van der Waals surface area (Å²) < 4.78 is 0. The second-order valence-corrected chi connectivity index (χ2v) is 4.47. The molecule has 0 aromatic heterocycles. The van der Waals surface area contributed by atoms with Crippen molar-refractivity contribution in [2.45, 2.75) is 19.8 Å². The minimum atomic E-state index is 0.454. The summed E-state index contributed by atoms with van der Waals surface area (Å²) >= 11 is 0. The zero-order valence-electron chi connectivity index (χ0n) is 10.4. The van der Waals surface area contributed by atoms with E-state index in [4.69, 9.17) is 0 Å². The summed E-state index contributed by atoms with van der Waals surface area (Å²) in [5.74, 6) is 0.454. The topological polar surface area (TPSA) is 0 Å². The van der Waals surface area contributed by atoms with Crippen LogP contribution in [0.3, 0.4) is 0 Å². The van der Waals surface area contributed by atoms with Crippen LogP contribution in [0.15, 0.2) is 60.7 Å². The predicted octanol–water partition coefficient (Wildman–Crippen LogP) is 4.81. The Kier molecular flexibility index (Phi) is 3.77. The minimum Gasteiger partial charge on any atom is -0.0767 e. The molecule has 86 valence electrons. The third-order valence-corrected chi connectivity index (χ3v) is 2.98. The number of rotatable bonds is 3. The Morgan fingerprint density at radius 3 is 2.18 bits per heavy atom. The lowest BCUT2D eigenvalue weighted by molar-refractivity contribution is 0.971. The van der Waals surface area contributed by atoms with Crippen molar-refractivity contribution in [3.05, 3.63) is 77.4 Å². The van der Waals surface area contributed by atoms with Crippen LogP contribution in [0.25, 0.3) is 6.08 Å². The average molecular weight is 222 g/mol. The van der Waals surface area contributed by atoms with Crippen LogP contribution in [0.5, 0.6) is 0 Å². The van der Waals surface area contributed by atoms with Gasteiger partial charge in [0.15, 0.2) is 0 Å². The molecule has 0 aliphatic heterocycles. The van der Waals surface area contributed by atoms with Gasteiger partial charge in [-0.2, -0.15) is 0 Å². The molecular formula is C17H18. The standard InChI is InChI=1S/C17H18/c1-14-8-12-17(13-9-14)15(2)10-11-16-6-4-3-5-7-16/h3-13,15H,1-2H3/b11-10-. The van der Waals surface area contributed by atoms with E-state index in [1.165, 1.54) is 16.7 Å². The Morgan fingerprint density at radius 2 is 1.53 bits per heavy atom. The van der Waals surface area contributed by atoms with E-state index in [1.807, 2.05) is 6.07 Å². The lowest BCUT2D eigenvalue weighted by Crippen LogP contribution is -1.88.